The number of nitrogens with two attached hydrogens (primary N) is 1. The van der Waals surface area contributed by atoms with E-state index in [0.717, 1.165) is 0 Å². The standard InChI is InChI=1S/C9H12N4O4/c1-4-2-5(7(12-4)8(15)16)13-9(17)11-3-6(10)14/h2,12H,3H2,1H3,(H2,10,14)(H,15,16)(H2,11,13,17). The number of anilines is 1. The van der Waals surface area contributed by atoms with Gasteiger partial charge in [-0.25, -0.2) is 9.59 Å². The van der Waals surface area contributed by atoms with Gasteiger partial charge >= 0.3 is 12.0 Å². The van der Waals surface area contributed by atoms with Gasteiger partial charge in [-0.05, 0) is 13.0 Å². The van der Waals surface area contributed by atoms with Crippen LogP contribution in [-0.4, -0.2) is 34.5 Å². The lowest BCUT2D eigenvalue weighted by atomic mass is 10.3. The molecular weight excluding hydrogens is 228 g/mol. The van der Waals surface area contributed by atoms with Crippen LogP contribution in [-0.2, 0) is 4.79 Å². The van der Waals surface area contributed by atoms with Gasteiger partial charge in [-0.1, -0.05) is 0 Å². The van der Waals surface area contributed by atoms with Crippen molar-refractivity contribution in [1.29, 1.82) is 0 Å². The molecule has 0 aliphatic heterocycles. The first-order valence-corrected chi connectivity index (χ1v) is 4.66. The van der Waals surface area contributed by atoms with Gasteiger partial charge in [0.25, 0.3) is 0 Å². The summed E-state index contributed by atoms with van der Waals surface area (Å²) in [5.74, 6) is -1.88. The van der Waals surface area contributed by atoms with Crippen molar-refractivity contribution in [2.45, 2.75) is 6.92 Å². The Balaban J connectivity index is 2.71. The first-order chi connectivity index (χ1) is 7.90. The Kier molecular flexibility index (Phi) is 3.70. The van der Waals surface area contributed by atoms with Crippen LogP contribution in [0.2, 0.25) is 0 Å². The lowest BCUT2D eigenvalue weighted by molar-refractivity contribution is -0.117. The van der Waals surface area contributed by atoms with Crippen molar-refractivity contribution in [3.63, 3.8) is 0 Å². The molecule has 0 unspecified atom stereocenters. The molecule has 0 fully saturated rings. The van der Waals surface area contributed by atoms with Crippen molar-refractivity contribution in [3.05, 3.63) is 17.5 Å². The second kappa shape index (κ2) is 5.01. The van der Waals surface area contributed by atoms with Gasteiger partial charge in [-0.15, -0.1) is 0 Å². The third-order valence-corrected chi connectivity index (χ3v) is 1.84. The minimum Gasteiger partial charge on any atom is -0.477 e. The van der Waals surface area contributed by atoms with Crippen molar-refractivity contribution in [2.75, 3.05) is 11.9 Å². The number of urea groups is 1. The Morgan fingerprint density at radius 2 is 2.12 bits per heavy atom. The summed E-state index contributed by atoms with van der Waals surface area (Å²) in [5.41, 5.74) is 5.42. The number of aromatic nitrogens is 1. The van der Waals surface area contributed by atoms with Crippen molar-refractivity contribution in [1.82, 2.24) is 10.3 Å². The van der Waals surface area contributed by atoms with E-state index in [1.807, 2.05) is 0 Å². The number of primary amides is 1. The number of carbonyl (C=O) groups excluding carboxylic acids is 2. The van der Waals surface area contributed by atoms with Crippen molar-refractivity contribution >= 4 is 23.6 Å². The fraction of sp³-hybridized carbons (Fsp3) is 0.222. The molecule has 3 amide bonds. The topological polar surface area (TPSA) is 137 Å². The van der Waals surface area contributed by atoms with Gasteiger partial charge in [0, 0.05) is 5.69 Å². The fourth-order valence-corrected chi connectivity index (χ4v) is 1.19. The molecule has 1 heterocycles. The molecule has 0 aromatic carbocycles. The summed E-state index contributed by atoms with van der Waals surface area (Å²) in [7, 11) is 0. The molecule has 0 saturated carbocycles. The molecule has 1 aromatic rings. The van der Waals surface area contributed by atoms with Gasteiger partial charge in [0.15, 0.2) is 0 Å². The van der Waals surface area contributed by atoms with Gasteiger partial charge in [-0.2, -0.15) is 0 Å². The predicted octanol–water partition coefficient (Wildman–Crippen LogP) is -0.372. The summed E-state index contributed by atoms with van der Waals surface area (Å²) in [6.07, 6.45) is 0. The van der Waals surface area contributed by atoms with Crippen molar-refractivity contribution < 1.29 is 19.5 Å². The quantitative estimate of drug-likeness (QED) is 0.490. The van der Waals surface area contributed by atoms with Crippen LogP contribution >= 0.6 is 0 Å². The molecule has 92 valence electrons. The number of amides is 3. The maximum Gasteiger partial charge on any atom is 0.354 e. The molecule has 1 rings (SSSR count). The van der Waals surface area contributed by atoms with Crippen molar-refractivity contribution in [2.24, 2.45) is 5.73 Å². The monoisotopic (exact) mass is 240 g/mol. The maximum atomic E-state index is 11.3. The normalized spacial score (nSPS) is 9.71. The summed E-state index contributed by atoms with van der Waals surface area (Å²) in [6, 6.07) is 0.762. The molecule has 0 atom stereocenters. The predicted molar refractivity (Wildman–Crippen MR) is 58.7 cm³/mol. The van der Waals surface area contributed by atoms with Crippen LogP contribution in [0.15, 0.2) is 6.07 Å². The molecule has 0 aliphatic rings. The number of hydrogen-bond donors (Lipinski definition) is 5. The van der Waals surface area contributed by atoms with Gasteiger partial charge in [0.05, 0.1) is 12.2 Å². The smallest absolute Gasteiger partial charge is 0.354 e. The SMILES string of the molecule is Cc1cc(NC(=O)NCC(N)=O)c(C(=O)O)[nH]1. The van der Waals surface area contributed by atoms with Gasteiger partial charge in [-0.3, -0.25) is 4.79 Å². The summed E-state index contributed by atoms with van der Waals surface area (Å²) in [5, 5.41) is 13.3. The Labute approximate surface area is 96.2 Å². The number of aromatic carboxylic acids is 1. The largest absolute Gasteiger partial charge is 0.477 e. The molecule has 0 bridgehead atoms. The van der Waals surface area contributed by atoms with E-state index in [9.17, 15) is 14.4 Å². The Morgan fingerprint density at radius 3 is 2.65 bits per heavy atom. The molecule has 1 aromatic heterocycles. The summed E-state index contributed by atoms with van der Waals surface area (Å²) in [6.45, 7) is 1.33. The minimum atomic E-state index is -1.19. The number of H-pyrrole nitrogens is 1. The molecule has 0 radical (unpaired) electrons. The number of rotatable bonds is 4. The fourth-order valence-electron chi connectivity index (χ4n) is 1.19. The van der Waals surface area contributed by atoms with Crippen molar-refractivity contribution in [3.8, 4) is 0 Å². The number of hydrogen-bond acceptors (Lipinski definition) is 3. The number of carboxylic acids is 1. The molecule has 6 N–H and O–H groups in total. The summed E-state index contributed by atoms with van der Waals surface area (Å²) in [4.78, 5) is 35.1. The molecule has 0 spiro atoms. The first kappa shape index (κ1) is 12.6. The Morgan fingerprint density at radius 1 is 1.47 bits per heavy atom. The van der Waals surface area contributed by atoms with Gasteiger partial charge in [0.1, 0.15) is 5.69 Å². The van der Waals surface area contributed by atoms with E-state index >= 15 is 0 Å². The Hall–Kier alpha value is -2.51. The number of nitrogens with one attached hydrogen (secondary N) is 3. The number of aryl methyl sites for hydroxylation is 1. The highest BCUT2D eigenvalue weighted by atomic mass is 16.4. The van der Waals surface area contributed by atoms with E-state index in [-0.39, 0.29) is 17.9 Å². The summed E-state index contributed by atoms with van der Waals surface area (Å²) < 4.78 is 0. The van der Waals surface area contributed by atoms with Crippen LogP contribution in [0.5, 0.6) is 0 Å². The zero-order valence-electron chi connectivity index (χ0n) is 9.03. The minimum absolute atomic E-state index is 0.122. The molecule has 8 heteroatoms. The number of carboxylic acid groups (broad SMARTS) is 1. The Bertz CT molecular complexity index is 466. The van der Waals surface area contributed by atoms with E-state index in [1.165, 1.54) is 6.07 Å². The van der Waals surface area contributed by atoms with Crippen LogP contribution < -0.4 is 16.4 Å². The van der Waals surface area contributed by atoms with E-state index in [1.54, 1.807) is 6.92 Å². The average Bonchev–Trinajstić information content (AvgIpc) is 2.56. The molecular formula is C9H12N4O4. The van der Waals surface area contributed by atoms with Gasteiger partial charge in [0.2, 0.25) is 5.91 Å². The lowest BCUT2D eigenvalue weighted by Crippen LogP contribution is -2.36. The van der Waals surface area contributed by atoms with Crippen LogP contribution in [0.25, 0.3) is 0 Å². The van der Waals surface area contributed by atoms with E-state index in [2.05, 4.69) is 15.6 Å². The maximum absolute atomic E-state index is 11.3. The molecule has 17 heavy (non-hydrogen) atoms. The zero-order valence-corrected chi connectivity index (χ0v) is 9.03. The molecule has 0 saturated heterocycles. The second-order valence-electron chi connectivity index (χ2n) is 3.32. The van der Waals surface area contributed by atoms with E-state index in [0.29, 0.717) is 5.69 Å². The number of aromatic amines is 1. The third kappa shape index (κ3) is 3.52. The molecule has 8 nitrogen and oxygen atoms in total. The highest BCUT2D eigenvalue weighted by Gasteiger charge is 2.15. The van der Waals surface area contributed by atoms with E-state index in [4.69, 9.17) is 10.8 Å². The van der Waals surface area contributed by atoms with Gasteiger partial charge < -0.3 is 26.5 Å². The van der Waals surface area contributed by atoms with Crippen LogP contribution in [0, 0.1) is 6.92 Å². The van der Waals surface area contributed by atoms with E-state index < -0.39 is 17.9 Å². The second-order valence-corrected chi connectivity index (χ2v) is 3.32. The van der Waals surface area contributed by atoms with Crippen LogP contribution in [0.3, 0.4) is 0 Å². The van der Waals surface area contributed by atoms with Crippen LogP contribution in [0.1, 0.15) is 16.2 Å². The number of carbonyl (C=O) groups is 3. The lowest BCUT2D eigenvalue weighted by Gasteiger charge is -2.04. The molecule has 0 aliphatic carbocycles. The summed E-state index contributed by atoms with van der Waals surface area (Å²) >= 11 is 0. The first-order valence-electron chi connectivity index (χ1n) is 4.66. The van der Waals surface area contributed by atoms with Crippen LogP contribution in [0.4, 0.5) is 10.5 Å². The third-order valence-electron chi connectivity index (χ3n) is 1.84. The highest BCUT2D eigenvalue weighted by molar-refractivity contribution is 5.99. The highest BCUT2D eigenvalue weighted by Crippen LogP contribution is 2.16. The zero-order chi connectivity index (χ0) is 13.0. The average molecular weight is 240 g/mol.